The van der Waals surface area contributed by atoms with E-state index in [1.807, 2.05) is 55.4 Å². The molecule has 0 radical (unpaired) electrons. The molecule has 0 saturated heterocycles. The van der Waals surface area contributed by atoms with Crippen molar-refractivity contribution in [2.45, 2.75) is 0 Å². The summed E-state index contributed by atoms with van der Waals surface area (Å²) in [6, 6.07) is 11.5. The first-order valence-corrected chi connectivity index (χ1v) is 8.83. The number of aliphatic imine (C=N–C) groups is 1. The quantitative estimate of drug-likeness (QED) is 0.385. The topological polar surface area (TPSA) is 54.3 Å². The van der Waals surface area contributed by atoms with Crippen molar-refractivity contribution in [2.24, 2.45) is 4.99 Å². The molecular formula is C18H14ClN5S. The highest BCUT2D eigenvalue weighted by molar-refractivity contribution is 7.25. The van der Waals surface area contributed by atoms with Gasteiger partial charge in [-0.15, -0.1) is 11.3 Å². The largest absolute Gasteiger partial charge is 0.362 e. The summed E-state index contributed by atoms with van der Waals surface area (Å²) in [4.78, 5) is 21.0. The smallest absolute Gasteiger partial charge is 0.175 e. The molecular weight excluding hydrogens is 354 g/mol. The Morgan fingerprint density at radius 1 is 1.08 bits per heavy atom. The SMILES string of the molecule is CN(C)C(=Nc1ncnc2c1sc1ncccc12)c1ccc(Cl)cc1. The molecule has 3 aromatic heterocycles. The number of nitrogens with zero attached hydrogens (tertiary/aromatic N) is 5. The van der Waals surface area contributed by atoms with Crippen LogP contribution in [0.1, 0.15) is 5.56 Å². The van der Waals surface area contributed by atoms with E-state index in [1.54, 1.807) is 23.9 Å². The first-order chi connectivity index (χ1) is 12.1. The number of rotatable bonds is 2. The third-order valence-corrected chi connectivity index (χ3v) is 5.10. The van der Waals surface area contributed by atoms with Gasteiger partial charge in [-0.2, -0.15) is 0 Å². The van der Waals surface area contributed by atoms with Crippen LogP contribution in [0.25, 0.3) is 20.4 Å². The lowest BCUT2D eigenvalue weighted by Crippen LogP contribution is -2.22. The molecule has 0 fully saturated rings. The van der Waals surface area contributed by atoms with Crippen LogP contribution in [0.2, 0.25) is 5.02 Å². The molecule has 3 heterocycles. The number of fused-ring (bicyclic) bond motifs is 3. The number of aromatic nitrogens is 3. The highest BCUT2D eigenvalue weighted by atomic mass is 35.5. The Balaban J connectivity index is 1.92. The molecule has 0 N–H and O–H groups in total. The monoisotopic (exact) mass is 367 g/mol. The van der Waals surface area contributed by atoms with E-state index in [0.29, 0.717) is 10.8 Å². The molecule has 0 amide bonds. The van der Waals surface area contributed by atoms with Gasteiger partial charge in [-0.25, -0.2) is 19.9 Å². The molecule has 4 rings (SSSR count). The van der Waals surface area contributed by atoms with Crippen LogP contribution in [-0.2, 0) is 0 Å². The van der Waals surface area contributed by atoms with Crippen molar-refractivity contribution in [1.82, 2.24) is 19.9 Å². The summed E-state index contributed by atoms with van der Waals surface area (Å²) in [6.45, 7) is 0. The van der Waals surface area contributed by atoms with Crippen molar-refractivity contribution in [3.8, 4) is 0 Å². The van der Waals surface area contributed by atoms with Crippen LogP contribution in [0.3, 0.4) is 0 Å². The van der Waals surface area contributed by atoms with E-state index >= 15 is 0 Å². The lowest BCUT2D eigenvalue weighted by atomic mass is 10.2. The zero-order chi connectivity index (χ0) is 17.4. The van der Waals surface area contributed by atoms with Crippen LogP contribution in [0.15, 0.2) is 53.9 Å². The molecule has 0 atom stereocenters. The number of benzene rings is 1. The Kier molecular flexibility index (Phi) is 4.07. The zero-order valence-corrected chi connectivity index (χ0v) is 15.2. The fraction of sp³-hybridized carbons (Fsp3) is 0.111. The van der Waals surface area contributed by atoms with Crippen LogP contribution >= 0.6 is 22.9 Å². The minimum absolute atomic E-state index is 0.645. The molecule has 25 heavy (non-hydrogen) atoms. The molecule has 124 valence electrons. The van der Waals surface area contributed by atoms with Crippen molar-refractivity contribution in [3.05, 3.63) is 59.5 Å². The van der Waals surface area contributed by atoms with Crippen molar-refractivity contribution in [2.75, 3.05) is 14.1 Å². The second-order valence-electron chi connectivity index (χ2n) is 5.67. The predicted molar refractivity (Wildman–Crippen MR) is 104 cm³/mol. The number of hydrogen-bond donors (Lipinski definition) is 0. The fourth-order valence-electron chi connectivity index (χ4n) is 2.60. The molecule has 0 spiro atoms. The van der Waals surface area contributed by atoms with E-state index in [2.05, 4.69) is 15.0 Å². The number of hydrogen-bond acceptors (Lipinski definition) is 5. The Bertz CT molecular complexity index is 1090. The minimum atomic E-state index is 0.645. The molecule has 5 nitrogen and oxygen atoms in total. The van der Waals surface area contributed by atoms with Gasteiger partial charge < -0.3 is 4.90 Å². The summed E-state index contributed by atoms with van der Waals surface area (Å²) >= 11 is 7.56. The Morgan fingerprint density at radius 3 is 2.64 bits per heavy atom. The second kappa shape index (κ2) is 6.38. The lowest BCUT2D eigenvalue weighted by Gasteiger charge is -2.16. The number of amidine groups is 1. The summed E-state index contributed by atoms with van der Waals surface area (Å²) < 4.78 is 0.935. The maximum atomic E-state index is 6.00. The minimum Gasteiger partial charge on any atom is -0.362 e. The van der Waals surface area contributed by atoms with Gasteiger partial charge in [0.05, 0.1) is 5.52 Å². The van der Waals surface area contributed by atoms with E-state index in [9.17, 15) is 0 Å². The first-order valence-electron chi connectivity index (χ1n) is 7.63. The van der Waals surface area contributed by atoms with Crippen molar-refractivity contribution in [3.63, 3.8) is 0 Å². The van der Waals surface area contributed by atoms with Crippen LogP contribution in [-0.4, -0.2) is 39.8 Å². The van der Waals surface area contributed by atoms with Crippen LogP contribution < -0.4 is 0 Å². The van der Waals surface area contributed by atoms with E-state index < -0.39 is 0 Å². The Hall–Kier alpha value is -2.57. The number of thiophene rings is 1. The maximum Gasteiger partial charge on any atom is 0.175 e. The molecule has 0 aliphatic rings. The Morgan fingerprint density at radius 2 is 1.88 bits per heavy atom. The normalized spacial score (nSPS) is 12.0. The molecule has 0 unspecified atom stereocenters. The molecule has 0 saturated carbocycles. The average Bonchev–Trinajstić information content (AvgIpc) is 3.00. The van der Waals surface area contributed by atoms with E-state index in [4.69, 9.17) is 16.6 Å². The van der Waals surface area contributed by atoms with E-state index in [0.717, 1.165) is 31.8 Å². The lowest BCUT2D eigenvalue weighted by molar-refractivity contribution is 0.624. The van der Waals surface area contributed by atoms with Gasteiger partial charge in [0, 0.05) is 36.3 Å². The van der Waals surface area contributed by atoms with Gasteiger partial charge in [0.15, 0.2) is 5.82 Å². The summed E-state index contributed by atoms with van der Waals surface area (Å²) in [5.74, 6) is 1.45. The first kappa shape index (κ1) is 15.9. The van der Waals surface area contributed by atoms with Crippen molar-refractivity contribution < 1.29 is 0 Å². The van der Waals surface area contributed by atoms with Gasteiger partial charge in [-0.1, -0.05) is 11.6 Å². The standard InChI is InChI=1S/C18H14ClN5S/c1-24(2)17(11-5-7-12(19)8-6-11)23-16-15-14(21-10-22-16)13-4-3-9-20-18(13)25-15/h3-10H,1-2H3. The van der Waals surface area contributed by atoms with Crippen molar-refractivity contribution in [1.29, 1.82) is 0 Å². The van der Waals surface area contributed by atoms with Gasteiger partial charge in [0.2, 0.25) is 0 Å². The zero-order valence-electron chi connectivity index (χ0n) is 13.6. The van der Waals surface area contributed by atoms with Gasteiger partial charge in [-0.05, 0) is 36.4 Å². The fourth-order valence-corrected chi connectivity index (χ4v) is 3.76. The third kappa shape index (κ3) is 2.94. The summed E-state index contributed by atoms with van der Waals surface area (Å²) in [6.07, 6.45) is 3.34. The van der Waals surface area contributed by atoms with Crippen LogP contribution in [0.5, 0.6) is 0 Å². The summed E-state index contributed by atoms with van der Waals surface area (Å²) in [5.41, 5.74) is 1.86. The van der Waals surface area contributed by atoms with Crippen molar-refractivity contribution >= 4 is 55.0 Å². The molecule has 4 aromatic rings. The predicted octanol–water partition coefficient (Wildman–Crippen LogP) is 4.53. The average molecular weight is 368 g/mol. The molecule has 1 aromatic carbocycles. The second-order valence-corrected chi connectivity index (χ2v) is 7.11. The third-order valence-electron chi connectivity index (χ3n) is 3.75. The summed E-state index contributed by atoms with van der Waals surface area (Å²) in [5, 5.41) is 1.72. The molecule has 0 aliphatic carbocycles. The Labute approximate surface area is 153 Å². The van der Waals surface area contributed by atoms with Gasteiger partial charge in [0.25, 0.3) is 0 Å². The summed E-state index contributed by atoms with van der Waals surface area (Å²) in [7, 11) is 3.91. The maximum absolute atomic E-state index is 6.00. The molecule has 0 aliphatic heterocycles. The van der Waals surface area contributed by atoms with E-state index in [-0.39, 0.29) is 0 Å². The number of pyridine rings is 1. The number of halogens is 1. The van der Waals surface area contributed by atoms with E-state index in [1.165, 1.54) is 0 Å². The highest BCUT2D eigenvalue weighted by Crippen LogP contribution is 2.35. The van der Waals surface area contributed by atoms with Gasteiger partial charge >= 0.3 is 0 Å². The van der Waals surface area contributed by atoms with Gasteiger partial charge in [0.1, 0.15) is 21.7 Å². The van der Waals surface area contributed by atoms with Crippen LogP contribution in [0.4, 0.5) is 5.82 Å². The molecule has 7 heteroatoms. The molecule has 0 bridgehead atoms. The van der Waals surface area contributed by atoms with Crippen LogP contribution in [0, 0.1) is 0 Å². The van der Waals surface area contributed by atoms with Gasteiger partial charge in [-0.3, -0.25) is 0 Å². The highest BCUT2D eigenvalue weighted by Gasteiger charge is 2.13.